The normalized spacial score (nSPS) is 26.4. The Morgan fingerprint density at radius 2 is 2.00 bits per heavy atom. The van der Waals surface area contributed by atoms with E-state index in [1.165, 1.54) is 11.1 Å². The first-order valence-corrected chi connectivity index (χ1v) is 7.66. The van der Waals surface area contributed by atoms with E-state index in [4.69, 9.17) is 10.5 Å². The van der Waals surface area contributed by atoms with Crippen molar-refractivity contribution in [3.63, 3.8) is 0 Å². The Balaban J connectivity index is 2.21. The van der Waals surface area contributed by atoms with Crippen LogP contribution in [0.5, 0.6) is 0 Å². The number of rotatable bonds is 3. The summed E-state index contributed by atoms with van der Waals surface area (Å²) in [7, 11) is 0. The van der Waals surface area contributed by atoms with Crippen molar-refractivity contribution in [1.82, 2.24) is 4.90 Å². The summed E-state index contributed by atoms with van der Waals surface area (Å²) in [6.45, 7) is 8.87. The van der Waals surface area contributed by atoms with Crippen LogP contribution in [0.15, 0.2) is 22.7 Å². The molecule has 106 valence electrons. The zero-order valence-electron chi connectivity index (χ0n) is 11.9. The summed E-state index contributed by atoms with van der Waals surface area (Å²) >= 11 is 3.61. The van der Waals surface area contributed by atoms with Crippen molar-refractivity contribution in [3.8, 4) is 0 Å². The van der Waals surface area contributed by atoms with Gasteiger partial charge < -0.3 is 10.5 Å². The van der Waals surface area contributed by atoms with Crippen molar-refractivity contribution >= 4 is 15.9 Å². The number of hydrogen-bond acceptors (Lipinski definition) is 3. The molecule has 0 aromatic heterocycles. The van der Waals surface area contributed by atoms with E-state index in [1.54, 1.807) is 0 Å². The number of ether oxygens (including phenoxy) is 1. The molecule has 2 rings (SSSR count). The average Bonchev–Trinajstić information content (AvgIpc) is 2.33. The van der Waals surface area contributed by atoms with Crippen LogP contribution in [0.2, 0.25) is 0 Å². The Bertz CT molecular complexity index is 428. The lowest BCUT2D eigenvalue weighted by molar-refractivity contribution is -0.0799. The molecule has 3 unspecified atom stereocenters. The molecule has 1 saturated heterocycles. The van der Waals surface area contributed by atoms with E-state index < -0.39 is 0 Å². The summed E-state index contributed by atoms with van der Waals surface area (Å²) in [5.41, 5.74) is 8.55. The van der Waals surface area contributed by atoms with Crippen LogP contribution in [0, 0.1) is 6.92 Å². The van der Waals surface area contributed by atoms with Gasteiger partial charge in [0, 0.05) is 30.1 Å². The van der Waals surface area contributed by atoms with Gasteiger partial charge in [0.1, 0.15) is 0 Å². The maximum Gasteiger partial charge on any atom is 0.0678 e. The number of nitrogens with zero attached hydrogens (tertiary/aromatic N) is 1. The monoisotopic (exact) mass is 326 g/mol. The highest BCUT2D eigenvalue weighted by molar-refractivity contribution is 9.10. The topological polar surface area (TPSA) is 38.5 Å². The fourth-order valence-corrected chi connectivity index (χ4v) is 3.18. The highest BCUT2D eigenvalue weighted by Crippen LogP contribution is 2.27. The van der Waals surface area contributed by atoms with Crippen molar-refractivity contribution in [2.75, 3.05) is 19.6 Å². The van der Waals surface area contributed by atoms with E-state index in [-0.39, 0.29) is 18.2 Å². The highest BCUT2D eigenvalue weighted by Gasteiger charge is 2.28. The second-order valence-corrected chi connectivity index (χ2v) is 6.33. The van der Waals surface area contributed by atoms with E-state index in [2.05, 4.69) is 59.8 Å². The summed E-state index contributed by atoms with van der Waals surface area (Å²) in [5.74, 6) is 0. The molecule has 0 saturated carbocycles. The molecule has 1 fully saturated rings. The quantitative estimate of drug-likeness (QED) is 0.928. The highest BCUT2D eigenvalue weighted by atomic mass is 79.9. The predicted molar refractivity (Wildman–Crippen MR) is 82.3 cm³/mol. The van der Waals surface area contributed by atoms with Gasteiger partial charge in [0.25, 0.3) is 0 Å². The van der Waals surface area contributed by atoms with Crippen LogP contribution in [0.25, 0.3) is 0 Å². The first kappa shape index (κ1) is 15.0. The van der Waals surface area contributed by atoms with Crippen LogP contribution in [-0.4, -0.2) is 36.7 Å². The molecule has 0 spiro atoms. The average molecular weight is 327 g/mol. The molecule has 0 radical (unpaired) electrons. The van der Waals surface area contributed by atoms with Crippen LogP contribution >= 0.6 is 15.9 Å². The van der Waals surface area contributed by atoms with E-state index in [1.807, 2.05) is 0 Å². The maximum atomic E-state index is 6.02. The molecular weight excluding hydrogens is 304 g/mol. The number of benzene rings is 1. The molecule has 1 aromatic carbocycles. The summed E-state index contributed by atoms with van der Waals surface area (Å²) in [6, 6.07) is 6.79. The van der Waals surface area contributed by atoms with Crippen LogP contribution in [0.3, 0.4) is 0 Å². The van der Waals surface area contributed by atoms with Crippen molar-refractivity contribution in [2.45, 2.75) is 39.0 Å². The lowest BCUT2D eigenvalue weighted by atomic mass is 10.0. The van der Waals surface area contributed by atoms with Gasteiger partial charge in [-0.2, -0.15) is 0 Å². The van der Waals surface area contributed by atoms with E-state index in [0.29, 0.717) is 6.54 Å². The van der Waals surface area contributed by atoms with Crippen LogP contribution in [-0.2, 0) is 4.74 Å². The lowest BCUT2D eigenvalue weighted by Crippen LogP contribution is -2.48. The van der Waals surface area contributed by atoms with Crippen LogP contribution < -0.4 is 5.73 Å². The molecule has 0 amide bonds. The summed E-state index contributed by atoms with van der Waals surface area (Å²) in [4.78, 5) is 2.44. The van der Waals surface area contributed by atoms with E-state index in [9.17, 15) is 0 Å². The zero-order valence-corrected chi connectivity index (χ0v) is 13.5. The molecule has 0 bridgehead atoms. The second-order valence-electron chi connectivity index (χ2n) is 5.47. The van der Waals surface area contributed by atoms with Gasteiger partial charge in [-0.1, -0.05) is 28.1 Å². The van der Waals surface area contributed by atoms with Crippen molar-refractivity contribution in [2.24, 2.45) is 5.73 Å². The Hall–Kier alpha value is -0.420. The third-order valence-electron chi connectivity index (χ3n) is 3.69. The van der Waals surface area contributed by atoms with Crippen molar-refractivity contribution in [1.29, 1.82) is 0 Å². The fourth-order valence-electron chi connectivity index (χ4n) is 2.78. The minimum atomic E-state index is 0.269. The van der Waals surface area contributed by atoms with Gasteiger partial charge in [0.2, 0.25) is 0 Å². The fraction of sp³-hybridized carbons (Fsp3) is 0.600. The molecule has 3 atom stereocenters. The predicted octanol–water partition coefficient (Wildman–Crippen LogP) is 2.87. The third kappa shape index (κ3) is 3.57. The molecule has 1 heterocycles. The van der Waals surface area contributed by atoms with Gasteiger partial charge in [-0.05, 0) is 38.0 Å². The number of hydrogen-bond donors (Lipinski definition) is 1. The second kappa shape index (κ2) is 6.35. The number of halogens is 1. The molecule has 19 heavy (non-hydrogen) atoms. The van der Waals surface area contributed by atoms with Gasteiger partial charge in [0.15, 0.2) is 0 Å². The molecule has 4 heteroatoms. The van der Waals surface area contributed by atoms with Crippen LogP contribution in [0.1, 0.15) is 31.0 Å². The molecule has 3 nitrogen and oxygen atoms in total. The van der Waals surface area contributed by atoms with Crippen LogP contribution in [0.4, 0.5) is 0 Å². The van der Waals surface area contributed by atoms with Gasteiger partial charge in [-0.15, -0.1) is 0 Å². The number of aryl methyl sites for hydroxylation is 1. The number of morpholine rings is 1. The van der Waals surface area contributed by atoms with Crippen molar-refractivity contribution < 1.29 is 4.74 Å². The van der Waals surface area contributed by atoms with E-state index >= 15 is 0 Å². The summed E-state index contributed by atoms with van der Waals surface area (Å²) < 4.78 is 6.95. The zero-order chi connectivity index (χ0) is 14.0. The van der Waals surface area contributed by atoms with Gasteiger partial charge >= 0.3 is 0 Å². The summed E-state index contributed by atoms with van der Waals surface area (Å²) in [5, 5.41) is 0. The van der Waals surface area contributed by atoms with Gasteiger partial charge in [0.05, 0.1) is 12.2 Å². The first-order chi connectivity index (χ1) is 9.01. The van der Waals surface area contributed by atoms with Gasteiger partial charge in [-0.3, -0.25) is 4.90 Å². The Morgan fingerprint density at radius 1 is 1.37 bits per heavy atom. The molecular formula is C15H23BrN2O. The maximum absolute atomic E-state index is 6.02. The standard InChI is InChI=1S/C15H23BrN2O/c1-10-4-5-13(6-14(10)16)15(7-17)18-8-11(2)19-12(3)9-18/h4-6,11-12,15H,7-9,17H2,1-3H3. The minimum Gasteiger partial charge on any atom is -0.373 e. The van der Waals surface area contributed by atoms with Crippen molar-refractivity contribution in [3.05, 3.63) is 33.8 Å². The Labute approximate surface area is 124 Å². The smallest absolute Gasteiger partial charge is 0.0678 e. The number of nitrogens with two attached hydrogens (primary N) is 1. The summed E-state index contributed by atoms with van der Waals surface area (Å²) in [6.07, 6.45) is 0.540. The Kier molecular flexibility index (Phi) is 5.01. The molecule has 1 aromatic rings. The minimum absolute atomic E-state index is 0.269. The molecule has 0 aliphatic carbocycles. The molecule has 1 aliphatic heterocycles. The van der Waals surface area contributed by atoms with E-state index in [0.717, 1.165) is 17.6 Å². The lowest BCUT2D eigenvalue weighted by Gasteiger charge is -2.40. The third-order valence-corrected chi connectivity index (χ3v) is 4.55. The SMILES string of the molecule is Cc1ccc(C(CN)N2CC(C)OC(C)C2)cc1Br. The Morgan fingerprint density at radius 3 is 2.53 bits per heavy atom. The van der Waals surface area contributed by atoms with Gasteiger partial charge in [-0.25, -0.2) is 0 Å². The first-order valence-electron chi connectivity index (χ1n) is 6.87. The largest absolute Gasteiger partial charge is 0.373 e. The molecule has 1 aliphatic rings. The molecule has 2 N–H and O–H groups in total.